The van der Waals surface area contributed by atoms with E-state index in [0.717, 1.165) is 0 Å². The molecule has 6 heavy (non-hydrogen) atoms. The Hall–Kier alpha value is 0.130. The highest BCUT2D eigenvalue weighted by atomic mass is 32.9. The highest BCUT2D eigenvalue weighted by Gasteiger charge is 1.73. The van der Waals surface area contributed by atoms with E-state index in [1.807, 2.05) is 0 Å². The predicted molar refractivity (Wildman–Crippen MR) is 28.6 cm³/mol. The molecule has 0 amide bonds. The van der Waals surface area contributed by atoms with Crippen molar-refractivity contribution in [3.63, 3.8) is 0 Å². The van der Waals surface area contributed by atoms with Gasteiger partial charge in [-0.2, -0.15) is 0 Å². The molecule has 0 spiro atoms. The summed E-state index contributed by atoms with van der Waals surface area (Å²) in [7, 11) is 2.73. The van der Waals surface area contributed by atoms with Gasteiger partial charge < -0.3 is 0 Å². The summed E-state index contributed by atoms with van der Waals surface area (Å²) in [5, 5.41) is 3.52. The van der Waals surface area contributed by atoms with E-state index in [1.54, 1.807) is 0 Å². The minimum absolute atomic E-state index is 0.625. The van der Waals surface area contributed by atoms with Crippen molar-refractivity contribution in [1.82, 2.24) is 9.59 Å². The molecule has 0 radical (unpaired) electrons. The summed E-state index contributed by atoms with van der Waals surface area (Å²) >= 11 is 4.60. The van der Waals surface area contributed by atoms with Gasteiger partial charge in [-0.25, -0.2) is 0 Å². The fourth-order valence-electron chi connectivity index (χ4n) is 0.115. The number of hydrogen-bond donors (Lipinski definition) is 0. The molecule has 0 aliphatic heterocycles. The van der Waals surface area contributed by atoms with Crippen LogP contribution in [0.1, 0.15) is 0 Å². The third-order valence-corrected chi connectivity index (χ3v) is 2.26. The van der Waals surface area contributed by atoms with E-state index in [1.165, 1.54) is 20.9 Å². The lowest BCUT2D eigenvalue weighted by Crippen LogP contribution is -1.55. The molecular weight excluding hydrogens is 136 g/mol. The van der Waals surface area contributed by atoms with E-state index in [4.69, 9.17) is 0 Å². The van der Waals surface area contributed by atoms with Gasteiger partial charge in [0, 0.05) is 10.5 Å². The first kappa shape index (κ1) is 4.29. The molecule has 1 rings (SSSR count). The molecule has 1 aromatic rings. The van der Waals surface area contributed by atoms with Crippen LogP contribution in [0.5, 0.6) is 0 Å². The second-order valence-corrected chi connectivity index (χ2v) is 3.06. The van der Waals surface area contributed by atoms with Crippen molar-refractivity contribution in [2.45, 2.75) is 0 Å². The largest absolute Gasteiger partial charge is 0.214 e. The Morgan fingerprint density at radius 1 is 1.67 bits per heavy atom. The first-order valence-corrected chi connectivity index (χ1v) is 3.70. The topological polar surface area (TPSA) is 25.8 Å². The van der Waals surface area contributed by atoms with Crippen molar-refractivity contribution >= 4 is 33.1 Å². The van der Waals surface area contributed by atoms with Gasteiger partial charge >= 0.3 is 0 Å². The molecule has 5 heteroatoms. The lowest BCUT2D eigenvalue weighted by molar-refractivity contribution is 1.15. The van der Waals surface area contributed by atoms with Crippen LogP contribution in [0.25, 0.3) is 0 Å². The second-order valence-electron chi connectivity index (χ2n) is 0.605. The van der Waals surface area contributed by atoms with Crippen LogP contribution in [0, 0.1) is 3.95 Å². The number of nitrogens with zero attached hydrogens (tertiary/aromatic N) is 2. The van der Waals surface area contributed by atoms with E-state index in [9.17, 15) is 0 Å². The normalized spacial score (nSPS) is 8.67. The van der Waals surface area contributed by atoms with Crippen molar-refractivity contribution in [1.29, 1.82) is 0 Å². The molecule has 0 aliphatic carbocycles. The Bertz CT molecular complexity index is 147. The van der Waals surface area contributed by atoms with E-state index in [2.05, 4.69) is 21.8 Å². The zero-order valence-electron chi connectivity index (χ0n) is 2.62. The molecule has 1 aromatic heterocycles. The lowest BCUT2D eigenvalue weighted by atomic mass is 11.6. The van der Waals surface area contributed by atoms with Gasteiger partial charge in [-0.05, 0) is 22.6 Å². The van der Waals surface area contributed by atoms with Gasteiger partial charge in [0.2, 0.25) is 3.95 Å². The maximum absolute atomic E-state index is 4.60. The highest BCUT2D eigenvalue weighted by Crippen LogP contribution is 1.98. The van der Waals surface area contributed by atoms with Crippen molar-refractivity contribution in [3.8, 4) is 0 Å². The standard InChI is InChI=1S/CN2S3/c4-1-2-3-6-5-1. The molecule has 0 aliphatic rings. The minimum atomic E-state index is 0.625. The van der Waals surface area contributed by atoms with E-state index < -0.39 is 0 Å². The van der Waals surface area contributed by atoms with Crippen molar-refractivity contribution in [2.75, 3.05) is 0 Å². The zero-order chi connectivity index (χ0) is 4.41. The fraction of sp³-hybridized carbons (Fsp3) is 0. The average molecular weight is 136 g/mol. The van der Waals surface area contributed by atoms with Crippen LogP contribution >= 0.6 is 33.1 Å². The van der Waals surface area contributed by atoms with Crippen LogP contribution in [0.4, 0.5) is 0 Å². The Kier molecular flexibility index (Phi) is 1.23. The summed E-state index contributed by atoms with van der Waals surface area (Å²) in [6.45, 7) is 0. The molecule has 2 nitrogen and oxygen atoms in total. The van der Waals surface area contributed by atoms with Gasteiger partial charge in [-0.15, -0.1) is 5.10 Å². The van der Waals surface area contributed by atoms with E-state index in [-0.39, 0.29) is 0 Å². The maximum Gasteiger partial charge on any atom is 0.214 e. The Labute approximate surface area is 47.0 Å². The summed E-state index contributed by atoms with van der Waals surface area (Å²) in [6.07, 6.45) is 0. The first-order valence-electron chi connectivity index (χ1n) is 1.18. The molecule has 0 N–H and O–H groups in total. The molecule has 1 heterocycles. The third-order valence-electron chi connectivity index (χ3n) is 0.264. The predicted octanol–water partition coefficient (Wildman–Crippen LogP) is 1.33. The summed E-state index contributed by atoms with van der Waals surface area (Å²) < 4.78 is 4.15. The van der Waals surface area contributed by atoms with Gasteiger partial charge in [0.15, 0.2) is 0 Å². The molecule has 0 unspecified atom stereocenters. The van der Waals surface area contributed by atoms with Crippen LogP contribution in [0.15, 0.2) is 0 Å². The van der Waals surface area contributed by atoms with E-state index in [0.29, 0.717) is 3.95 Å². The van der Waals surface area contributed by atoms with Crippen LogP contribution < -0.4 is 0 Å². The van der Waals surface area contributed by atoms with Crippen molar-refractivity contribution in [2.24, 2.45) is 0 Å². The second kappa shape index (κ2) is 1.72. The van der Waals surface area contributed by atoms with Crippen molar-refractivity contribution in [3.05, 3.63) is 3.95 Å². The highest BCUT2D eigenvalue weighted by molar-refractivity contribution is 7.78. The first-order chi connectivity index (χ1) is 2.89. The van der Waals surface area contributed by atoms with E-state index >= 15 is 0 Å². The maximum atomic E-state index is 4.60. The Morgan fingerprint density at radius 3 is 2.67 bits per heavy atom. The average Bonchev–Trinajstić information content (AvgIpc) is 1.86. The molecular formula is CN2S3. The van der Waals surface area contributed by atoms with Gasteiger partial charge in [0.1, 0.15) is 0 Å². The summed E-state index contributed by atoms with van der Waals surface area (Å²) in [6, 6.07) is 0. The minimum Gasteiger partial charge on any atom is -0.115 e. The monoisotopic (exact) mass is 136 g/mol. The summed E-state index contributed by atoms with van der Waals surface area (Å²) in [5.74, 6) is 0. The molecule has 0 saturated heterocycles. The van der Waals surface area contributed by atoms with Crippen LogP contribution in [0.2, 0.25) is 0 Å². The Morgan fingerprint density at radius 2 is 2.50 bits per heavy atom. The fourth-order valence-corrected chi connectivity index (χ4v) is 1.31. The number of hydrogen-bond acceptors (Lipinski definition) is 5. The smallest absolute Gasteiger partial charge is 0.115 e. The zero-order valence-corrected chi connectivity index (χ0v) is 5.07. The molecule has 0 fully saturated rings. The quantitative estimate of drug-likeness (QED) is 0.397. The van der Waals surface area contributed by atoms with Crippen molar-refractivity contribution < 1.29 is 0 Å². The molecule has 0 saturated carbocycles. The number of rotatable bonds is 0. The molecule has 0 atom stereocenters. The van der Waals surface area contributed by atoms with Crippen LogP contribution in [0.3, 0.4) is 0 Å². The molecule has 0 bridgehead atoms. The molecule has 32 valence electrons. The SMILES string of the molecule is S=c1nnss1. The Balaban J connectivity index is 3.41. The van der Waals surface area contributed by atoms with Crippen LogP contribution in [-0.4, -0.2) is 9.59 Å². The lowest BCUT2D eigenvalue weighted by Gasteiger charge is -1.43. The van der Waals surface area contributed by atoms with Gasteiger partial charge in [-0.3, -0.25) is 0 Å². The summed E-state index contributed by atoms with van der Waals surface area (Å²) in [5.41, 5.74) is 0. The van der Waals surface area contributed by atoms with Gasteiger partial charge in [-0.1, -0.05) is 4.49 Å². The molecule has 0 aromatic carbocycles. The van der Waals surface area contributed by atoms with Crippen LogP contribution in [-0.2, 0) is 0 Å². The summed E-state index contributed by atoms with van der Waals surface area (Å²) in [4.78, 5) is 0. The van der Waals surface area contributed by atoms with Gasteiger partial charge in [0.05, 0.1) is 0 Å². The third kappa shape index (κ3) is 0.796. The van der Waals surface area contributed by atoms with Gasteiger partial charge in [0.25, 0.3) is 0 Å². The number of aromatic nitrogens is 2.